The van der Waals surface area contributed by atoms with Gasteiger partial charge in [0.05, 0.1) is 19.3 Å². The highest BCUT2D eigenvalue weighted by atomic mass is 19.1. The molecule has 7 heteroatoms. The molecule has 26 heavy (non-hydrogen) atoms. The monoisotopic (exact) mass is 366 g/mol. The number of guanidine groups is 1. The third kappa shape index (κ3) is 6.80. The van der Waals surface area contributed by atoms with Crippen LogP contribution in [0.1, 0.15) is 26.3 Å². The zero-order valence-electron chi connectivity index (χ0n) is 16.0. The fourth-order valence-corrected chi connectivity index (χ4v) is 2.96. The Labute approximate surface area is 155 Å². The van der Waals surface area contributed by atoms with Gasteiger partial charge in [0.1, 0.15) is 0 Å². The molecule has 2 rings (SSSR count). The van der Waals surface area contributed by atoms with Crippen molar-refractivity contribution in [3.8, 4) is 5.75 Å². The molecule has 0 spiro atoms. The van der Waals surface area contributed by atoms with Crippen molar-refractivity contribution in [3.05, 3.63) is 29.6 Å². The van der Waals surface area contributed by atoms with Crippen molar-refractivity contribution in [2.75, 3.05) is 39.3 Å². The van der Waals surface area contributed by atoms with Gasteiger partial charge >= 0.3 is 0 Å². The van der Waals surface area contributed by atoms with Crippen LogP contribution in [0.4, 0.5) is 4.39 Å². The minimum atomic E-state index is -0.628. The number of nitrogens with zero attached hydrogens (tertiary/aromatic N) is 2. The summed E-state index contributed by atoms with van der Waals surface area (Å²) in [6.07, 6.45) is 0.123. The number of rotatable bonds is 7. The summed E-state index contributed by atoms with van der Waals surface area (Å²) in [7, 11) is 0. The maximum Gasteiger partial charge on any atom is 0.191 e. The molecule has 6 nitrogen and oxygen atoms in total. The number of aliphatic imine (C=N–C) groups is 1. The van der Waals surface area contributed by atoms with Crippen molar-refractivity contribution in [1.29, 1.82) is 0 Å². The molecular weight excluding hydrogens is 335 g/mol. The van der Waals surface area contributed by atoms with Crippen LogP contribution in [0.2, 0.25) is 0 Å². The van der Waals surface area contributed by atoms with E-state index in [1.54, 1.807) is 6.07 Å². The van der Waals surface area contributed by atoms with Crippen LogP contribution in [-0.4, -0.2) is 61.4 Å². The predicted octanol–water partition coefficient (Wildman–Crippen LogP) is 1.94. The molecule has 1 aromatic rings. The first kappa shape index (κ1) is 20.5. The number of phenolic OH excluding ortho intramolecular Hbond substituents is 1. The number of phenols is 1. The summed E-state index contributed by atoms with van der Waals surface area (Å²) in [6, 6.07) is 4.32. The van der Waals surface area contributed by atoms with Crippen LogP contribution < -0.4 is 10.6 Å². The fourth-order valence-electron chi connectivity index (χ4n) is 2.96. The molecule has 0 amide bonds. The summed E-state index contributed by atoms with van der Waals surface area (Å²) < 4.78 is 19.3. The number of hydrogen-bond donors (Lipinski definition) is 3. The van der Waals surface area contributed by atoms with Gasteiger partial charge in [0.25, 0.3) is 0 Å². The average molecular weight is 366 g/mol. The van der Waals surface area contributed by atoms with E-state index in [2.05, 4.69) is 34.4 Å². The SMILES string of the molecule is CCNC(=NCc1ccc(O)c(F)c1)NCC1CN(CC(C)C)CCO1. The van der Waals surface area contributed by atoms with Crippen molar-refractivity contribution >= 4 is 5.96 Å². The van der Waals surface area contributed by atoms with Crippen LogP contribution in [0.25, 0.3) is 0 Å². The second-order valence-electron chi connectivity index (χ2n) is 7.01. The lowest BCUT2D eigenvalue weighted by Crippen LogP contribution is -2.50. The molecule has 1 aliphatic rings. The van der Waals surface area contributed by atoms with E-state index in [1.807, 2.05) is 6.92 Å². The van der Waals surface area contributed by atoms with E-state index in [9.17, 15) is 9.50 Å². The molecule has 0 saturated carbocycles. The second kappa shape index (κ2) is 10.3. The van der Waals surface area contributed by atoms with Crippen molar-refractivity contribution in [2.24, 2.45) is 10.9 Å². The number of benzene rings is 1. The molecule has 0 aliphatic carbocycles. The highest BCUT2D eigenvalue weighted by molar-refractivity contribution is 5.79. The average Bonchev–Trinajstić information content (AvgIpc) is 2.60. The molecule has 1 fully saturated rings. The summed E-state index contributed by atoms with van der Waals surface area (Å²) in [5.74, 6) is 0.344. The Bertz CT molecular complexity index is 595. The summed E-state index contributed by atoms with van der Waals surface area (Å²) in [5, 5.41) is 15.7. The maximum atomic E-state index is 13.4. The van der Waals surface area contributed by atoms with Crippen molar-refractivity contribution in [1.82, 2.24) is 15.5 Å². The Morgan fingerprint density at radius 1 is 1.42 bits per heavy atom. The summed E-state index contributed by atoms with van der Waals surface area (Å²) in [4.78, 5) is 6.92. The van der Waals surface area contributed by atoms with Crippen molar-refractivity contribution in [3.63, 3.8) is 0 Å². The Morgan fingerprint density at radius 2 is 2.23 bits per heavy atom. The minimum Gasteiger partial charge on any atom is -0.505 e. The lowest BCUT2D eigenvalue weighted by atomic mass is 10.2. The van der Waals surface area contributed by atoms with Crippen LogP contribution in [-0.2, 0) is 11.3 Å². The van der Waals surface area contributed by atoms with Crippen LogP contribution in [0.15, 0.2) is 23.2 Å². The first-order valence-corrected chi connectivity index (χ1v) is 9.31. The van der Waals surface area contributed by atoms with E-state index in [4.69, 9.17) is 4.74 Å². The van der Waals surface area contributed by atoms with Crippen LogP contribution in [0, 0.1) is 11.7 Å². The molecule has 0 radical (unpaired) electrons. The van der Waals surface area contributed by atoms with Crippen LogP contribution >= 0.6 is 0 Å². The van der Waals surface area contributed by atoms with Gasteiger partial charge in [0.15, 0.2) is 17.5 Å². The second-order valence-corrected chi connectivity index (χ2v) is 7.01. The number of nitrogens with one attached hydrogen (secondary N) is 2. The van der Waals surface area contributed by atoms with Gasteiger partial charge in [-0.1, -0.05) is 19.9 Å². The molecule has 1 heterocycles. The van der Waals surface area contributed by atoms with Crippen molar-refractivity contribution in [2.45, 2.75) is 33.4 Å². The molecular formula is C19H31FN4O2. The number of morpholine rings is 1. The quantitative estimate of drug-likeness (QED) is 0.508. The summed E-state index contributed by atoms with van der Waals surface area (Å²) in [5.41, 5.74) is 0.703. The van der Waals surface area contributed by atoms with Gasteiger partial charge in [0, 0.05) is 32.7 Å². The fraction of sp³-hybridized carbons (Fsp3) is 0.632. The summed E-state index contributed by atoms with van der Waals surface area (Å²) in [6.45, 7) is 11.9. The largest absolute Gasteiger partial charge is 0.505 e. The molecule has 0 aromatic heterocycles. The van der Waals surface area contributed by atoms with E-state index in [-0.39, 0.29) is 11.9 Å². The van der Waals surface area contributed by atoms with Gasteiger partial charge in [-0.15, -0.1) is 0 Å². The highest BCUT2D eigenvalue weighted by Gasteiger charge is 2.21. The Kier molecular flexibility index (Phi) is 8.12. The zero-order valence-corrected chi connectivity index (χ0v) is 16.0. The van der Waals surface area contributed by atoms with Gasteiger partial charge in [0.2, 0.25) is 0 Å². The van der Waals surface area contributed by atoms with E-state index in [0.29, 0.717) is 30.5 Å². The zero-order chi connectivity index (χ0) is 18.9. The molecule has 1 saturated heterocycles. The Morgan fingerprint density at radius 3 is 2.92 bits per heavy atom. The van der Waals surface area contributed by atoms with Crippen molar-refractivity contribution < 1.29 is 14.2 Å². The molecule has 1 atom stereocenters. The smallest absolute Gasteiger partial charge is 0.191 e. The first-order valence-electron chi connectivity index (χ1n) is 9.31. The molecule has 1 aliphatic heterocycles. The lowest BCUT2D eigenvalue weighted by molar-refractivity contribution is -0.0284. The number of aromatic hydroxyl groups is 1. The molecule has 0 bridgehead atoms. The predicted molar refractivity (Wildman–Crippen MR) is 102 cm³/mol. The number of hydrogen-bond acceptors (Lipinski definition) is 4. The van der Waals surface area contributed by atoms with E-state index in [0.717, 1.165) is 32.8 Å². The number of ether oxygens (including phenoxy) is 1. The molecule has 3 N–H and O–H groups in total. The van der Waals surface area contributed by atoms with Crippen LogP contribution in [0.3, 0.4) is 0 Å². The number of halogens is 1. The third-order valence-corrected chi connectivity index (χ3v) is 4.12. The topological polar surface area (TPSA) is 69.1 Å². The van der Waals surface area contributed by atoms with E-state index >= 15 is 0 Å². The minimum absolute atomic E-state index is 0.123. The van der Waals surface area contributed by atoms with Gasteiger partial charge in [-0.3, -0.25) is 4.90 Å². The highest BCUT2D eigenvalue weighted by Crippen LogP contribution is 2.16. The maximum absolute atomic E-state index is 13.4. The summed E-state index contributed by atoms with van der Waals surface area (Å²) >= 11 is 0. The van der Waals surface area contributed by atoms with Gasteiger partial charge < -0.3 is 20.5 Å². The van der Waals surface area contributed by atoms with Gasteiger partial charge in [-0.25, -0.2) is 9.38 Å². The Hall–Kier alpha value is -1.86. The first-order chi connectivity index (χ1) is 12.5. The molecule has 1 aromatic carbocycles. The van der Waals surface area contributed by atoms with Gasteiger partial charge in [-0.2, -0.15) is 0 Å². The molecule has 146 valence electrons. The normalized spacial score (nSPS) is 19.0. The van der Waals surface area contributed by atoms with Crippen LogP contribution in [0.5, 0.6) is 5.75 Å². The molecule has 1 unspecified atom stereocenters. The van der Waals surface area contributed by atoms with Gasteiger partial charge in [-0.05, 0) is 30.5 Å². The van der Waals surface area contributed by atoms with E-state index < -0.39 is 5.82 Å². The standard InChI is InChI=1S/C19H31FN4O2/c1-4-21-19(22-10-15-5-6-18(25)17(20)9-15)23-11-16-13-24(7-8-26-16)12-14(2)3/h5-6,9,14,16,25H,4,7-8,10-13H2,1-3H3,(H2,21,22,23). The Balaban J connectivity index is 1.87. The van der Waals surface area contributed by atoms with E-state index in [1.165, 1.54) is 12.1 Å². The third-order valence-electron chi connectivity index (χ3n) is 4.12. The lowest BCUT2D eigenvalue weighted by Gasteiger charge is -2.34.